The van der Waals surface area contributed by atoms with Gasteiger partial charge in [-0.05, 0) is 24.5 Å². The van der Waals surface area contributed by atoms with E-state index in [0.29, 0.717) is 24.9 Å². The molecular weight excluding hydrogens is 318 g/mol. The molecule has 7 nitrogen and oxygen atoms in total. The number of amides is 1. The maximum absolute atomic E-state index is 12.2. The number of hydrogen-bond acceptors (Lipinski definition) is 5. The summed E-state index contributed by atoms with van der Waals surface area (Å²) < 4.78 is 7.54. The zero-order valence-corrected chi connectivity index (χ0v) is 15.2. The molecule has 1 aliphatic heterocycles. The van der Waals surface area contributed by atoms with Gasteiger partial charge < -0.3 is 19.2 Å². The fourth-order valence-electron chi connectivity index (χ4n) is 3.25. The lowest BCUT2D eigenvalue weighted by Crippen LogP contribution is -2.38. The molecule has 3 rings (SSSR count). The number of furan rings is 1. The van der Waals surface area contributed by atoms with Crippen molar-refractivity contribution < 1.29 is 9.21 Å². The second kappa shape index (κ2) is 7.82. The number of carbonyl (C=O) groups excluding carboxylic acids is 1. The predicted octanol–water partition coefficient (Wildman–Crippen LogP) is 1.81. The average molecular weight is 345 g/mol. The first-order valence-electron chi connectivity index (χ1n) is 8.93. The van der Waals surface area contributed by atoms with Crippen LogP contribution in [0.2, 0.25) is 0 Å². The lowest BCUT2D eigenvalue weighted by molar-refractivity contribution is -0.129. The van der Waals surface area contributed by atoms with Gasteiger partial charge in [-0.1, -0.05) is 13.8 Å². The monoisotopic (exact) mass is 345 g/mol. The van der Waals surface area contributed by atoms with Crippen molar-refractivity contribution in [2.45, 2.75) is 45.7 Å². The van der Waals surface area contributed by atoms with Gasteiger partial charge in [-0.3, -0.25) is 4.79 Å². The van der Waals surface area contributed by atoms with Crippen molar-refractivity contribution in [2.75, 3.05) is 20.1 Å². The molecule has 0 aliphatic carbocycles. The van der Waals surface area contributed by atoms with Gasteiger partial charge in [0.2, 0.25) is 5.91 Å². The highest BCUT2D eigenvalue weighted by atomic mass is 16.3. The summed E-state index contributed by atoms with van der Waals surface area (Å²) >= 11 is 0. The van der Waals surface area contributed by atoms with Crippen LogP contribution in [0.1, 0.15) is 43.6 Å². The highest BCUT2D eigenvalue weighted by Gasteiger charge is 2.24. The number of likely N-dealkylation sites (N-methyl/N-ethyl adjacent to an activating group) is 1. The average Bonchev–Trinajstić information content (AvgIpc) is 3.23. The summed E-state index contributed by atoms with van der Waals surface area (Å²) in [5, 5.41) is 11.9. The lowest BCUT2D eigenvalue weighted by Gasteiger charge is -2.25. The Morgan fingerprint density at radius 3 is 3.04 bits per heavy atom. The summed E-state index contributed by atoms with van der Waals surface area (Å²) in [6.07, 6.45) is 3.66. The van der Waals surface area contributed by atoms with Crippen molar-refractivity contribution >= 4 is 5.91 Å². The maximum atomic E-state index is 12.2. The molecule has 0 saturated heterocycles. The van der Waals surface area contributed by atoms with E-state index in [1.807, 2.05) is 12.1 Å². The smallest absolute Gasteiger partial charge is 0.236 e. The number of fused-ring (bicyclic) bond motifs is 1. The molecule has 1 N–H and O–H groups in total. The molecule has 7 heteroatoms. The van der Waals surface area contributed by atoms with Crippen LogP contribution in [-0.4, -0.2) is 45.7 Å². The van der Waals surface area contributed by atoms with Crippen LogP contribution >= 0.6 is 0 Å². The van der Waals surface area contributed by atoms with Gasteiger partial charge in [-0.2, -0.15) is 0 Å². The highest BCUT2D eigenvalue weighted by molar-refractivity contribution is 5.77. The third-order valence-electron chi connectivity index (χ3n) is 4.70. The second-order valence-electron chi connectivity index (χ2n) is 7.10. The van der Waals surface area contributed by atoms with Crippen molar-refractivity contribution in [2.24, 2.45) is 5.92 Å². The third kappa shape index (κ3) is 4.28. The van der Waals surface area contributed by atoms with Crippen LogP contribution in [0.25, 0.3) is 0 Å². The van der Waals surface area contributed by atoms with E-state index in [2.05, 4.69) is 33.9 Å². The van der Waals surface area contributed by atoms with Gasteiger partial charge in [0.1, 0.15) is 17.4 Å². The quantitative estimate of drug-likeness (QED) is 0.828. The van der Waals surface area contributed by atoms with Crippen LogP contribution < -0.4 is 5.32 Å². The number of nitrogens with one attached hydrogen (secondary N) is 1. The van der Waals surface area contributed by atoms with E-state index >= 15 is 0 Å². The normalized spacial score (nSPS) is 16.9. The summed E-state index contributed by atoms with van der Waals surface area (Å²) in [5.74, 6) is 3.90. The molecule has 0 saturated carbocycles. The summed E-state index contributed by atoms with van der Waals surface area (Å²) in [4.78, 5) is 13.9. The Labute approximate surface area is 148 Å². The molecule has 3 heterocycles. The summed E-state index contributed by atoms with van der Waals surface area (Å²) in [6, 6.07) is 3.71. The fourth-order valence-corrected chi connectivity index (χ4v) is 3.25. The van der Waals surface area contributed by atoms with E-state index in [-0.39, 0.29) is 5.91 Å². The van der Waals surface area contributed by atoms with Gasteiger partial charge in [0.15, 0.2) is 0 Å². The first-order valence-corrected chi connectivity index (χ1v) is 8.93. The molecule has 0 spiro atoms. The summed E-state index contributed by atoms with van der Waals surface area (Å²) in [7, 11) is 1.80. The molecule has 0 aromatic carbocycles. The molecule has 1 atom stereocenters. The number of hydrogen-bond donors (Lipinski definition) is 1. The number of aryl methyl sites for hydroxylation is 1. The fraction of sp³-hybridized carbons (Fsp3) is 0.611. The lowest BCUT2D eigenvalue weighted by atomic mass is 9.98. The third-order valence-corrected chi connectivity index (χ3v) is 4.70. The van der Waals surface area contributed by atoms with Crippen molar-refractivity contribution in [1.82, 2.24) is 25.0 Å². The number of nitrogens with zero attached hydrogens (tertiary/aromatic N) is 4. The van der Waals surface area contributed by atoms with E-state index in [1.54, 1.807) is 18.2 Å². The van der Waals surface area contributed by atoms with Crippen LogP contribution in [0.3, 0.4) is 0 Å². The van der Waals surface area contributed by atoms with Crippen molar-refractivity contribution in [3.63, 3.8) is 0 Å². The Morgan fingerprint density at radius 1 is 1.48 bits per heavy atom. The molecule has 1 unspecified atom stereocenters. The minimum Gasteiger partial charge on any atom is -0.467 e. The Morgan fingerprint density at radius 2 is 2.32 bits per heavy atom. The number of rotatable bonds is 7. The van der Waals surface area contributed by atoms with E-state index in [0.717, 1.165) is 43.3 Å². The molecule has 0 fully saturated rings. The number of aromatic nitrogens is 3. The molecule has 1 aliphatic rings. The molecule has 0 bridgehead atoms. The molecule has 136 valence electrons. The summed E-state index contributed by atoms with van der Waals surface area (Å²) in [5.41, 5.74) is 0. The first-order chi connectivity index (χ1) is 12.0. The van der Waals surface area contributed by atoms with Gasteiger partial charge in [0.25, 0.3) is 0 Å². The van der Waals surface area contributed by atoms with Crippen LogP contribution in [0.15, 0.2) is 22.8 Å². The van der Waals surface area contributed by atoms with E-state index in [4.69, 9.17) is 4.42 Å². The van der Waals surface area contributed by atoms with Crippen LogP contribution in [-0.2, 0) is 24.3 Å². The molecule has 25 heavy (non-hydrogen) atoms. The standard InChI is InChI=1S/C18H27N5O2/c1-13(2)18-21-20-16-7-6-14(11-23(16)18)9-19-10-17(24)22(3)12-15-5-4-8-25-15/h4-5,8,13-14,19H,6-7,9-12H2,1-3H3. The Bertz CT molecular complexity index is 692. The largest absolute Gasteiger partial charge is 0.467 e. The first kappa shape index (κ1) is 17.7. The highest BCUT2D eigenvalue weighted by Crippen LogP contribution is 2.23. The Hall–Kier alpha value is -2.15. The van der Waals surface area contributed by atoms with Gasteiger partial charge in [-0.25, -0.2) is 0 Å². The minimum absolute atomic E-state index is 0.0695. The summed E-state index contributed by atoms with van der Waals surface area (Å²) in [6.45, 7) is 6.90. The van der Waals surface area contributed by atoms with Gasteiger partial charge in [-0.15, -0.1) is 10.2 Å². The zero-order chi connectivity index (χ0) is 17.8. The van der Waals surface area contributed by atoms with Gasteiger partial charge in [0.05, 0.1) is 19.4 Å². The zero-order valence-electron chi connectivity index (χ0n) is 15.2. The van der Waals surface area contributed by atoms with E-state index < -0.39 is 0 Å². The molecular formula is C18H27N5O2. The van der Waals surface area contributed by atoms with Crippen molar-refractivity contribution in [3.05, 3.63) is 35.8 Å². The topological polar surface area (TPSA) is 76.2 Å². The van der Waals surface area contributed by atoms with E-state index in [9.17, 15) is 4.79 Å². The SMILES string of the molecule is CC(C)c1nnc2n1CC(CNCC(=O)N(C)Cc1ccco1)CC2. The van der Waals surface area contributed by atoms with Crippen molar-refractivity contribution in [3.8, 4) is 0 Å². The van der Waals surface area contributed by atoms with Gasteiger partial charge >= 0.3 is 0 Å². The predicted molar refractivity (Wildman–Crippen MR) is 94.0 cm³/mol. The molecule has 1 amide bonds. The molecule has 0 radical (unpaired) electrons. The number of carbonyl (C=O) groups is 1. The van der Waals surface area contributed by atoms with Crippen LogP contribution in [0.4, 0.5) is 0 Å². The Balaban J connectivity index is 1.44. The maximum Gasteiger partial charge on any atom is 0.236 e. The van der Waals surface area contributed by atoms with Crippen LogP contribution in [0, 0.1) is 5.92 Å². The second-order valence-corrected chi connectivity index (χ2v) is 7.10. The van der Waals surface area contributed by atoms with E-state index in [1.165, 1.54) is 0 Å². The van der Waals surface area contributed by atoms with Gasteiger partial charge in [0, 0.05) is 32.5 Å². The van der Waals surface area contributed by atoms with Crippen molar-refractivity contribution in [1.29, 1.82) is 0 Å². The Kier molecular flexibility index (Phi) is 5.53. The minimum atomic E-state index is 0.0695. The van der Waals surface area contributed by atoms with Crippen LogP contribution in [0.5, 0.6) is 0 Å². The molecule has 2 aromatic heterocycles. The molecule has 2 aromatic rings.